The van der Waals surface area contributed by atoms with Crippen LogP contribution < -0.4 is 5.32 Å². The molecule has 134 valence electrons. The van der Waals surface area contributed by atoms with Gasteiger partial charge in [-0.2, -0.15) is 13.2 Å². The molecule has 1 aliphatic rings. The molecule has 0 saturated carbocycles. The van der Waals surface area contributed by atoms with Crippen LogP contribution in [0.3, 0.4) is 0 Å². The highest BCUT2D eigenvalue weighted by Gasteiger charge is 2.31. The zero-order valence-electron chi connectivity index (χ0n) is 14.1. The molecular formula is C17H23F3N2O2. The maximum atomic E-state index is 12.7. The summed E-state index contributed by atoms with van der Waals surface area (Å²) in [6.07, 6.45) is -3.90. The fourth-order valence-electron chi connectivity index (χ4n) is 2.56. The number of carbonyl (C=O) groups excluding carboxylic acids is 1. The molecule has 7 heteroatoms. The molecule has 1 unspecified atom stereocenters. The molecule has 1 aromatic rings. The molecule has 0 bridgehead atoms. The Morgan fingerprint density at radius 3 is 2.67 bits per heavy atom. The molecular weight excluding hydrogens is 321 g/mol. The van der Waals surface area contributed by atoms with Gasteiger partial charge in [0.1, 0.15) is 5.60 Å². The summed E-state index contributed by atoms with van der Waals surface area (Å²) in [6.45, 7) is 7.10. The second-order valence-corrected chi connectivity index (χ2v) is 7.04. The highest BCUT2D eigenvalue weighted by atomic mass is 19.4. The molecule has 2 rings (SSSR count). The Kier molecular flexibility index (Phi) is 5.30. The number of hydrogen-bond acceptors (Lipinski definition) is 3. The zero-order chi connectivity index (χ0) is 18.0. The monoisotopic (exact) mass is 344 g/mol. The average molecular weight is 344 g/mol. The second kappa shape index (κ2) is 6.91. The standard InChI is InChI=1S/C17H23F3N2O2/c1-16(2,3)24-15(23)22-8-7-12(11-22)10-21-14-6-4-5-13(9-14)17(18,19)20/h4-6,9,12,21H,7-8,10-11H2,1-3H3. The maximum absolute atomic E-state index is 12.7. The van der Waals surface area contributed by atoms with E-state index in [1.165, 1.54) is 6.07 Å². The number of ether oxygens (including phenoxy) is 1. The number of nitrogens with zero attached hydrogens (tertiary/aromatic N) is 1. The fraction of sp³-hybridized carbons (Fsp3) is 0.588. The van der Waals surface area contributed by atoms with Gasteiger partial charge in [0.2, 0.25) is 0 Å². The van der Waals surface area contributed by atoms with Gasteiger partial charge in [-0.25, -0.2) is 4.79 Å². The summed E-state index contributed by atoms with van der Waals surface area (Å²) < 4.78 is 43.4. The summed E-state index contributed by atoms with van der Waals surface area (Å²) >= 11 is 0. The van der Waals surface area contributed by atoms with Gasteiger partial charge in [0.05, 0.1) is 5.56 Å². The maximum Gasteiger partial charge on any atom is 0.416 e. The smallest absolute Gasteiger partial charge is 0.416 e. The number of hydrogen-bond donors (Lipinski definition) is 1. The van der Waals surface area contributed by atoms with Gasteiger partial charge in [0.25, 0.3) is 0 Å². The van der Waals surface area contributed by atoms with Crippen molar-refractivity contribution in [1.82, 2.24) is 4.90 Å². The summed E-state index contributed by atoms with van der Waals surface area (Å²) in [6, 6.07) is 5.13. The summed E-state index contributed by atoms with van der Waals surface area (Å²) in [7, 11) is 0. The van der Waals surface area contributed by atoms with Crippen molar-refractivity contribution in [3.8, 4) is 0 Å². The van der Waals surface area contributed by atoms with Crippen LogP contribution in [0.1, 0.15) is 32.8 Å². The van der Waals surface area contributed by atoms with Crippen LogP contribution >= 0.6 is 0 Å². The van der Waals surface area contributed by atoms with E-state index in [9.17, 15) is 18.0 Å². The van der Waals surface area contributed by atoms with E-state index in [1.54, 1.807) is 11.0 Å². The van der Waals surface area contributed by atoms with E-state index in [0.717, 1.165) is 18.6 Å². The van der Waals surface area contributed by atoms with Gasteiger partial charge in [-0.1, -0.05) is 6.07 Å². The molecule has 1 saturated heterocycles. The Morgan fingerprint density at radius 1 is 1.33 bits per heavy atom. The molecule has 1 heterocycles. The van der Waals surface area contributed by atoms with Crippen molar-refractivity contribution >= 4 is 11.8 Å². The van der Waals surface area contributed by atoms with E-state index >= 15 is 0 Å². The number of anilines is 1. The first kappa shape index (κ1) is 18.4. The van der Waals surface area contributed by atoms with E-state index in [0.29, 0.717) is 25.3 Å². The molecule has 1 aromatic carbocycles. The summed E-state index contributed by atoms with van der Waals surface area (Å²) in [5.41, 5.74) is -0.777. The van der Waals surface area contributed by atoms with Crippen LogP contribution in [0, 0.1) is 5.92 Å². The van der Waals surface area contributed by atoms with E-state index < -0.39 is 17.3 Å². The number of nitrogens with one attached hydrogen (secondary N) is 1. The van der Waals surface area contributed by atoms with Crippen molar-refractivity contribution in [3.05, 3.63) is 29.8 Å². The van der Waals surface area contributed by atoms with E-state index in [-0.39, 0.29) is 12.0 Å². The number of carbonyl (C=O) groups is 1. The van der Waals surface area contributed by atoms with Gasteiger partial charge >= 0.3 is 12.3 Å². The van der Waals surface area contributed by atoms with Crippen molar-refractivity contribution < 1.29 is 22.7 Å². The number of halogens is 3. The van der Waals surface area contributed by atoms with Crippen LogP contribution in [-0.4, -0.2) is 36.2 Å². The third-order valence-electron chi connectivity index (χ3n) is 3.72. The Morgan fingerprint density at radius 2 is 2.04 bits per heavy atom. The van der Waals surface area contributed by atoms with Gasteiger partial charge in [-0.05, 0) is 51.3 Å². The SMILES string of the molecule is CC(C)(C)OC(=O)N1CCC(CNc2cccc(C(F)(F)F)c2)C1. The predicted molar refractivity (Wildman–Crippen MR) is 85.8 cm³/mol. The molecule has 24 heavy (non-hydrogen) atoms. The van der Waals surface area contributed by atoms with Crippen molar-refractivity contribution in [2.75, 3.05) is 25.0 Å². The predicted octanol–water partition coefficient (Wildman–Crippen LogP) is 4.37. The lowest BCUT2D eigenvalue weighted by Gasteiger charge is -2.24. The second-order valence-electron chi connectivity index (χ2n) is 7.04. The van der Waals surface area contributed by atoms with Gasteiger partial charge in [0, 0.05) is 25.3 Å². The Labute approximate surface area is 140 Å². The normalized spacial score (nSPS) is 18.6. The Balaban J connectivity index is 1.85. The van der Waals surface area contributed by atoms with Crippen LogP contribution in [0.15, 0.2) is 24.3 Å². The van der Waals surface area contributed by atoms with E-state index in [1.807, 2.05) is 20.8 Å². The number of benzene rings is 1. The van der Waals surface area contributed by atoms with Crippen LogP contribution in [0.5, 0.6) is 0 Å². The lowest BCUT2D eigenvalue weighted by Crippen LogP contribution is -2.35. The summed E-state index contributed by atoms with van der Waals surface area (Å²) in [4.78, 5) is 13.6. The third-order valence-corrected chi connectivity index (χ3v) is 3.72. The molecule has 0 aromatic heterocycles. The van der Waals surface area contributed by atoms with Crippen molar-refractivity contribution in [3.63, 3.8) is 0 Å². The molecule has 1 fully saturated rings. The Bertz CT molecular complexity index is 582. The molecule has 1 aliphatic heterocycles. The van der Waals surface area contributed by atoms with Gasteiger partial charge < -0.3 is 15.0 Å². The van der Waals surface area contributed by atoms with E-state index in [2.05, 4.69) is 5.32 Å². The molecule has 1 N–H and O–H groups in total. The minimum Gasteiger partial charge on any atom is -0.444 e. The summed E-state index contributed by atoms with van der Waals surface area (Å²) in [5.74, 6) is 0.187. The molecule has 1 amide bonds. The number of amides is 1. The first-order valence-electron chi connectivity index (χ1n) is 7.94. The first-order valence-corrected chi connectivity index (χ1v) is 7.94. The van der Waals surface area contributed by atoms with Gasteiger partial charge in [0.15, 0.2) is 0 Å². The molecule has 4 nitrogen and oxygen atoms in total. The lowest BCUT2D eigenvalue weighted by molar-refractivity contribution is -0.137. The third kappa shape index (κ3) is 5.32. The minimum absolute atomic E-state index is 0.187. The highest BCUT2D eigenvalue weighted by Crippen LogP contribution is 2.30. The van der Waals surface area contributed by atoms with Crippen LogP contribution in [0.25, 0.3) is 0 Å². The largest absolute Gasteiger partial charge is 0.444 e. The van der Waals surface area contributed by atoms with Crippen LogP contribution in [0.4, 0.5) is 23.7 Å². The number of likely N-dealkylation sites (tertiary alicyclic amines) is 1. The van der Waals surface area contributed by atoms with Gasteiger partial charge in [-0.15, -0.1) is 0 Å². The molecule has 0 radical (unpaired) electrons. The first-order chi connectivity index (χ1) is 11.0. The number of alkyl halides is 3. The lowest BCUT2D eigenvalue weighted by atomic mass is 10.1. The Hall–Kier alpha value is -1.92. The van der Waals surface area contributed by atoms with E-state index in [4.69, 9.17) is 4.74 Å². The molecule has 0 spiro atoms. The molecule has 1 atom stereocenters. The van der Waals surface area contributed by atoms with Crippen LogP contribution in [0.2, 0.25) is 0 Å². The number of rotatable bonds is 3. The zero-order valence-corrected chi connectivity index (χ0v) is 14.1. The fourth-order valence-corrected chi connectivity index (χ4v) is 2.56. The van der Waals surface area contributed by atoms with Crippen LogP contribution in [-0.2, 0) is 10.9 Å². The summed E-state index contributed by atoms with van der Waals surface area (Å²) in [5, 5.41) is 3.03. The topological polar surface area (TPSA) is 41.6 Å². The average Bonchev–Trinajstić information content (AvgIpc) is 2.92. The van der Waals surface area contributed by atoms with Crippen molar-refractivity contribution in [2.24, 2.45) is 5.92 Å². The van der Waals surface area contributed by atoms with Crippen molar-refractivity contribution in [2.45, 2.75) is 39.0 Å². The molecule has 0 aliphatic carbocycles. The van der Waals surface area contributed by atoms with Gasteiger partial charge in [-0.3, -0.25) is 0 Å². The minimum atomic E-state index is -4.35. The van der Waals surface area contributed by atoms with Crippen molar-refractivity contribution in [1.29, 1.82) is 0 Å². The highest BCUT2D eigenvalue weighted by molar-refractivity contribution is 5.68. The quantitative estimate of drug-likeness (QED) is 0.885.